The summed E-state index contributed by atoms with van der Waals surface area (Å²) in [5, 5.41) is 0. The molecule has 2 unspecified atom stereocenters. The van der Waals surface area contributed by atoms with Crippen LogP contribution in [0, 0.1) is 0 Å². The summed E-state index contributed by atoms with van der Waals surface area (Å²) in [5.41, 5.74) is 0. The number of rotatable bonds is 2. The molecule has 0 amide bonds. The summed E-state index contributed by atoms with van der Waals surface area (Å²) in [5.74, 6) is 0.234. The Balaban J connectivity index is 2.28. The molecule has 0 saturated carbocycles. The summed E-state index contributed by atoms with van der Waals surface area (Å²) in [4.78, 5) is 10.7. The average molecular weight is 114 g/mol. The van der Waals surface area contributed by atoms with Gasteiger partial charge in [-0.1, -0.05) is 6.92 Å². The predicted molar refractivity (Wildman–Crippen MR) is 29.6 cm³/mol. The molecule has 1 aliphatic heterocycles. The van der Waals surface area contributed by atoms with Crippen molar-refractivity contribution in [3.05, 3.63) is 0 Å². The Morgan fingerprint density at radius 3 is 2.38 bits per heavy atom. The molecule has 2 nitrogen and oxygen atoms in total. The smallest absolute Gasteiger partial charge is 0.163 e. The lowest BCUT2D eigenvalue weighted by Crippen LogP contribution is -2.05. The molecular weight excluding hydrogens is 104 g/mol. The van der Waals surface area contributed by atoms with E-state index >= 15 is 0 Å². The van der Waals surface area contributed by atoms with Crippen molar-refractivity contribution in [1.82, 2.24) is 0 Å². The molecule has 2 atom stereocenters. The molecule has 2 heteroatoms. The van der Waals surface area contributed by atoms with E-state index in [0.717, 1.165) is 0 Å². The molecule has 0 aromatic heterocycles. The Morgan fingerprint density at radius 1 is 1.75 bits per heavy atom. The Hall–Kier alpha value is -0.370. The van der Waals surface area contributed by atoms with Crippen molar-refractivity contribution in [1.29, 1.82) is 0 Å². The second-order valence-corrected chi connectivity index (χ2v) is 2.08. The number of hydrogen-bond acceptors (Lipinski definition) is 2. The third-order valence-corrected chi connectivity index (χ3v) is 1.38. The zero-order valence-corrected chi connectivity index (χ0v) is 5.18. The molecule has 0 aliphatic carbocycles. The van der Waals surface area contributed by atoms with Gasteiger partial charge in [0.25, 0.3) is 0 Å². The van der Waals surface area contributed by atoms with Crippen LogP contribution in [-0.2, 0) is 9.53 Å². The number of epoxide rings is 1. The van der Waals surface area contributed by atoms with E-state index in [9.17, 15) is 4.79 Å². The quantitative estimate of drug-likeness (QED) is 0.496. The maximum absolute atomic E-state index is 10.7. The van der Waals surface area contributed by atoms with Crippen molar-refractivity contribution in [2.75, 3.05) is 0 Å². The second-order valence-electron chi connectivity index (χ2n) is 2.08. The van der Waals surface area contributed by atoms with Crippen LogP contribution in [0.3, 0.4) is 0 Å². The first-order chi connectivity index (χ1) is 3.75. The summed E-state index contributed by atoms with van der Waals surface area (Å²) < 4.78 is 4.92. The van der Waals surface area contributed by atoms with Crippen molar-refractivity contribution < 1.29 is 9.53 Å². The minimum atomic E-state index is -0.0556. The Kier molecular flexibility index (Phi) is 1.34. The standard InChI is InChI=1S/C6H10O2/c1-3-5(7)6-4(2)8-6/h4,6H,3H2,1-2H3. The highest BCUT2D eigenvalue weighted by molar-refractivity contribution is 5.85. The zero-order chi connectivity index (χ0) is 6.15. The van der Waals surface area contributed by atoms with Crippen LogP contribution in [0.15, 0.2) is 0 Å². The maximum Gasteiger partial charge on any atom is 0.163 e. The third kappa shape index (κ3) is 0.892. The van der Waals surface area contributed by atoms with Crippen molar-refractivity contribution >= 4 is 5.78 Å². The first-order valence-corrected chi connectivity index (χ1v) is 2.94. The fourth-order valence-corrected chi connectivity index (χ4v) is 0.725. The van der Waals surface area contributed by atoms with Crippen LogP contribution in [0.5, 0.6) is 0 Å². The minimum absolute atomic E-state index is 0.0556. The van der Waals surface area contributed by atoms with Gasteiger partial charge in [0.15, 0.2) is 5.78 Å². The number of ether oxygens (including phenoxy) is 1. The van der Waals surface area contributed by atoms with Gasteiger partial charge in [0.2, 0.25) is 0 Å². The van der Waals surface area contributed by atoms with Gasteiger partial charge >= 0.3 is 0 Å². The number of ketones is 1. The van der Waals surface area contributed by atoms with Crippen LogP contribution < -0.4 is 0 Å². The summed E-state index contributed by atoms with van der Waals surface area (Å²) in [6.45, 7) is 3.77. The van der Waals surface area contributed by atoms with Crippen molar-refractivity contribution in [2.45, 2.75) is 32.5 Å². The lowest BCUT2D eigenvalue weighted by atomic mass is 10.2. The van der Waals surface area contributed by atoms with Crippen LogP contribution in [0.1, 0.15) is 20.3 Å². The van der Waals surface area contributed by atoms with E-state index in [1.54, 1.807) is 0 Å². The Labute approximate surface area is 48.8 Å². The predicted octanol–water partition coefficient (Wildman–Crippen LogP) is 0.753. The van der Waals surface area contributed by atoms with Crippen LogP contribution in [0.4, 0.5) is 0 Å². The number of carbonyl (C=O) groups is 1. The van der Waals surface area contributed by atoms with Crippen molar-refractivity contribution in [2.24, 2.45) is 0 Å². The van der Waals surface area contributed by atoms with E-state index in [1.807, 2.05) is 13.8 Å². The van der Waals surface area contributed by atoms with Gasteiger partial charge in [-0.25, -0.2) is 0 Å². The van der Waals surface area contributed by atoms with Crippen LogP contribution in [0.25, 0.3) is 0 Å². The van der Waals surface area contributed by atoms with Gasteiger partial charge in [0, 0.05) is 6.42 Å². The largest absolute Gasteiger partial charge is 0.362 e. The van der Waals surface area contributed by atoms with Crippen LogP contribution in [-0.4, -0.2) is 18.0 Å². The zero-order valence-electron chi connectivity index (χ0n) is 5.18. The van der Waals surface area contributed by atoms with Crippen LogP contribution >= 0.6 is 0 Å². The number of hydrogen-bond donors (Lipinski definition) is 0. The third-order valence-electron chi connectivity index (χ3n) is 1.38. The van der Waals surface area contributed by atoms with E-state index < -0.39 is 0 Å². The summed E-state index contributed by atoms with van der Waals surface area (Å²) >= 11 is 0. The molecule has 8 heavy (non-hydrogen) atoms. The van der Waals surface area contributed by atoms with E-state index in [1.165, 1.54) is 0 Å². The molecule has 1 rings (SSSR count). The van der Waals surface area contributed by atoms with E-state index in [2.05, 4.69) is 0 Å². The second kappa shape index (κ2) is 1.86. The minimum Gasteiger partial charge on any atom is -0.362 e. The Morgan fingerprint density at radius 2 is 2.25 bits per heavy atom. The summed E-state index contributed by atoms with van der Waals surface area (Å²) in [6.07, 6.45) is 0.747. The molecule has 0 N–H and O–H groups in total. The SMILES string of the molecule is CCC(=O)C1OC1C. The van der Waals surface area contributed by atoms with Gasteiger partial charge in [0.05, 0.1) is 6.10 Å². The normalized spacial score (nSPS) is 34.8. The number of Topliss-reactive ketones (excluding diaryl/α,β-unsaturated/α-hetero) is 1. The van der Waals surface area contributed by atoms with Crippen LogP contribution in [0.2, 0.25) is 0 Å². The molecule has 1 heterocycles. The molecule has 0 radical (unpaired) electrons. The molecule has 0 spiro atoms. The molecule has 0 aromatic rings. The fraction of sp³-hybridized carbons (Fsp3) is 0.833. The highest BCUT2D eigenvalue weighted by Gasteiger charge is 2.39. The molecule has 0 bridgehead atoms. The lowest BCUT2D eigenvalue weighted by molar-refractivity contribution is -0.119. The number of carbonyl (C=O) groups excluding carboxylic acids is 1. The molecular formula is C6H10O2. The summed E-state index contributed by atoms with van der Waals surface area (Å²) in [7, 11) is 0. The first kappa shape index (κ1) is 5.76. The highest BCUT2D eigenvalue weighted by atomic mass is 16.6. The molecule has 1 fully saturated rings. The van der Waals surface area contributed by atoms with Gasteiger partial charge in [-0.05, 0) is 6.92 Å². The molecule has 46 valence electrons. The highest BCUT2D eigenvalue weighted by Crippen LogP contribution is 2.22. The van der Waals surface area contributed by atoms with E-state index in [-0.39, 0.29) is 18.0 Å². The van der Waals surface area contributed by atoms with Crippen molar-refractivity contribution in [3.8, 4) is 0 Å². The van der Waals surface area contributed by atoms with Gasteiger partial charge in [-0.2, -0.15) is 0 Å². The van der Waals surface area contributed by atoms with E-state index in [4.69, 9.17) is 4.74 Å². The van der Waals surface area contributed by atoms with Gasteiger partial charge in [0.1, 0.15) is 6.10 Å². The van der Waals surface area contributed by atoms with Gasteiger partial charge < -0.3 is 4.74 Å². The molecule has 1 aliphatic rings. The monoisotopic (exact) mass is 114 g/mol. The fourth-order valence-electron chi connectivity index (χ4n) is 0.725. The van der Waals surface area contributed by atoms with E-state index in [0.29, 0.717) is 6.42 Å². The molecule has 0 aromatic carbocycles. The average Bonchev–Trinajstić information content (AvgIpc) is 2.45. The summed E-state index contributed by atoms with van der Waals surface area (Å²) in [6, 6.07) is 0. The Bertz CT molecular complexity index is 109. The van der Waals surface area contributed by atoms with Gasteiger partial charge in [-0.15, -0.1) is 0 Å². The molecule has 1 saturated heterocycles. The van der Waals surface area contributed by atoms with Gasteiger partial charge in [-0.3, -0.25) is 4.79 Å². The van der Waals surface area contributed by atoms with Crippen molar-refractivity contribution in [3.63, 3.8) is 0 Å². The lowest BCUT2D eigenvalue weighted by Gasteiger charge is -1.83. The maximum atomic E-state index is 10.7. The first-order valence-electron chi connectivity index (χ1n) is 2.94. The topological polar surface area (TPSA) is 29.6 Å².